The smallest absolute Gasteiger partial charge is 0.300 e. The van der Waals surface area contributed by atoms with Crippen LogP contribution in [0.3, 0.4) is 0 Å². The number of methoxy groups -OCH3 is 1. The maximum absolute atomic E-state index is 13.4. The molecule has 0 saturated carbocycles. The van der Waals surface area contributed by atoms with E-state index in [4.69, 9.17) is 27.9 Å². The Morgan fingerprint density at radius 2 is 1.71 bits per heavy atom. The number of carbonyl (C=O) groups excluding carboxylic acids is 2. The molecule has 3 aromatic rings. The quantitative estimate of drug-likeness (QED) is 0.227. The van der Waals surface area contributed by atoms with Gasteiger partial charge in [-0.2, -0.15) is 0 Å². The number of hydrogen-bond donors (Lipinski definition) is 1. The molecule has 1 aliphatic rings. The summed E-state index contributed by atoms with van der Waals surface area (Å²) in [4.78, 5) is 28.1. The molecule has 0 bridgehead atoms. The SMILES string of the molecule is COc1ccc(/C(O)=C2\C(=O)C(=O)N(c3ccc(Cl)c(Cl)c3)C2c2ccccc2C)cc1C(C)C. The lowest BCUT2D eigenvalue weighted by molar-refractivity contribution is -0.132. The van der Waals surface area contributed by atoms with Crippen molar-refractivity contribution in [3.8, 4) is 5.75 Å². The Bertz CT molecular complexity index is 1360. The third-order valence-corrected chi connectivity index (χ3v) is 6.97. The minimum atomic E-state index is -0.849. The molecule has 3 aromatic carbocycles. The van der Waals surface area contributed by atoms with Crippen molar-refractivity contribution >= 4 is 46.3 Å². The summed E-state index contributed by atoms with van der Waals surface area (Å²) in [5, 5.41) is 12.0. The van der Waals surface area contributed by atoms with E-state index in [1.165, 1.54) is 4.90 Å². The van der Waals surface area contributed by atoms with Crippen LogP contribution in [0.2, 0.25) is 10.0 Å². The molecule has 1 unspecified atom stereocenters. The third-order valence-electron chi connectivity index (χ3n) is 6.23. The highest BCUT2D eigenvalue weighted by Crippen LogP contribution is 2.44. The topological polar surface area (TPSA) is 66.8 Å². The van der Waals surface area contributed by atoms with E-state index >= 15 is 0 Å². The summed E-state index contributed by atoms with van der Waals surface area (Å²) < 4.78 is 5.46. The molecule has 1 aliphatic heterocycles. The molecule has 1 atom stereocenters. The van der Waals surface area contributed by atoms with E-state index in [9.17, 15) is 14.7 Å². The van der Waals surface area contributed by atoms with Crippen LogP contribution in [0.1, 0.15) is 48.1 Å². The van der Waals surface area contributed by atoms with E-state index in [2.05, 4.69) is 0 Å². The zero-order valence-electron chi connectivity index (χ0n) is 19.8. The van der Waals surface area contributed by atoms with Gasteiger partial charge in [-0.25, -0.2) is 0 Å². The summed E-state index contributed by atoms with van der Waals surface area (Å²) in [7, 11) is 1.59. The molecule has 0 aliphatic carbocycles. The van der Waals surface area contributed by atoms with Gasteiger partial charge in [-0.15, -0.1) is 0 Å². The number of aryl methyl sites for hydroxylation is 1. The number of aliphatic hydroxyl groups excluding tert-OH is 1. The van der Waals surface area contributed by atoms with Gasteiger partial charge in [0.1, 0.15) is 11.5 Å². The van der Waals surface area contributed by atoms with E-state index in [-0.39, 0.29) is 22.3 Å². The minimum absolute atomic E-state index is 0.00949. The molecule has 35 heavy (non-hydrogen) atoms. The minimum Gasteiger partial charge on any atom is -0.507 e. The number of anilines is 1. The lowest BCUT2D eigenvalue weighted by Gasteiger charge is -2.27. The molecule has 1 fully saturated rings. The first kappa shape index (κ1) is 24.8. The van der Waals surface area contributed by atoms with Crippen LogP contribution in [0, 0.1) is 6.92 Å². The molecule has 1 heterocycles. The highest BCUT2D eigenvalue weighted by molar-refractivity contribution is 6.52. The molecule has 0 spiro atoms. The number of rotatable bonds is 5. The van der Waals surface area contributed by atoms with Crippen LogP contribution in [-0.2, 0) is 9.59 Å². The Hall–Kier alpha value is -3.28. The monoisotopic (exact) mass is 509 g/mol. The zero-order chi connectivity index (χ0) is 25.4. The third kappa shape index (κ3) is 4.42. The van der Waals surface area contributed by atoms with Gasteiger partial charge in [-0.3, -0.25) is 14.5 Å². The summed E-state index contributed by atoms with van der Waals surface area (Å²) in [6.07, 6.45) is 0. The summed E-state index contributed by atoms with van der Waals surface area (Å²) in [5.41, 5.74) is 3.31. The second-order valence-electron chi connectivity index (χ2n) is 8.74. The Labute approximate surface area is 214 Å². The molecule has 1 N–H and O–H groups in total. The highest BCUT2D eigenvalue weighted by Gasteiger charge is 2.47. The molecule has 4 rings (SSSR count). The predicted molar refractivity (Wildman–Crippen MR) is 140 cm³/mol. The van der Waals surface area contributed by atoms with E-state index in [1.807, 2.05) is 45.0 Å². The first-order valence-electron chi connectivity index (χ1n) is 11.2. The van der Waals surface area contributed by atoms with Crippen molar-refractivity contribution in [2.45, 2.75) is 32.7 Å². The molecule has 0 aromatic heterocycles. The molecular formula is C28H25Cl2NO4. The van der Waals surface area contributed by atoms with E-state index in [0.717, 1.165) is 16.7 Å². The van der Waals surface area contributed by atoms with Gasteiger partial charge in [0.15, 0.2) is 0 Å². The van der Waals surface area contributed by atoms with Crippen LogP contribution in [-0.4, -0.2) is 23.9 Å². The number of aliphatic hydroxyl groups is 1. The maximum Gasteiger partial charge on any atom is 0.300 e. The van der Waals surface area contributed by atoms with Crippen LogP contribution in [0.5, 0.6) is 5.75 Å². The fourth-order valence-electron chi connectivity index (χ4n) is 4.41. The number of Topliss-reactive ketones (excluding diaryl/α,β-unsaturated/α-hetero) is 1. The van der Waals surface area contributed by atoms with Crippen LogP contribution in [0.4, 0.5) is 5.69 Å². The molecule has 1 saturated heterocycles. The predicted octanol–water partition coefficient (Wildman–Crippen LogP) is 7.06. The van der Waals surface area contributed by atoms with E-state index in [0.29, 0.717) is 22.0 Å². The Morgan fingerprint density at radius 1 is 1.00 bits per heavy atom. The lowest BCUT2D eigenvalue weighted by Crippen LogP contribution is -2.29. The lowest BCUT2D eigenvalue weighted by atomic mass is 9.91. The average Bonchev–Trinajstić information content (AvgIpc) is 3.10. The van der Waals surface area contributed by atoms with Gasteiger partial charge < -0.3 is 9.84 Å². The van der Waals surface area contributed by atoms with Crippen LogP contribution in [0.25, 0.3) is 5.76 Å². The summed E-state index contributed by atoms with van der Waals surface area (Å²) in [6.45, 7) is 5.92. The standard InChI is InChI=1S/C28H25Cl2NO4/c1-15(2)20-13-17(9-12-23(20)35-4)26(32)24-25(19-8-6-5-7-16(19)3)31(28(34)27(24)33)18-10-11-21(29)22(30)14-18/h5-15,25,32H,1-4H3/b26-24+. The van der Waals surface area contributed by atoms with Gasteiger partial charge in [0.25, 0.3) is 11.7 Å². The largest absolute Gasteiger partial charge is 0.507 e. The van der Waals surface area contributed by atoms with Crippen molar-refractivity contribution in [3.05, 3.63) is 98.5 Å². The van der Waals surface area contributed by atoms with Crippen molar-refractivity contribution in [1.82, 2.24) is 0 Å². The number of halogens is 2. The first-order chi connectivity index (χ1) is 16.6. The molecule has 5 nitrogen and oxygen atoms in total. The maximum atomic E-state index is 13.4. The van der Waals surface area contributed by atoms with E-state index < -0.39 is 17.7 Å². The van der Waals surface area contributed by atoms with Crippen LogP contribution >= 0.6 is 23.2 Å². The van der Waals surface area contributed by atoms with Crippen molar-refractivity contribution in [3.63, 3.8) is 0 Å². The number of nitrogens with zero attached hydrogens (tertiary/aromatic N) is 1. The van der Waals surface area contributed by atoms with Gasteiger partial charge in [0.2, 0.25) is 0 Å². The zero-order valence-corrected chi connectivity index (χ0v) is 21.3. The van der Waals surface area contributed by atoms with Gasteiger partial charge in [0.05, 0.1) is 28.8 Å². The normalized spacial score (nSPS) is 17.3. The number of ketones is 1. The van der Waals surface area contributed by atoms with Crippen molar-refractivity contribution in [2.75, 3.05) is 12.0 Å². The Balaban J connectivity index is 1.98. The number of carbonyl (C=O) groups is 2. The molecular weight excluding hydrogens is 485 g/mol. The van der Waals surface area contributed by atoms with Gasteiger partial charge in [-0.05, 0) is 65.9 Å². The molecule has 0 radical (unpaired) electrons. The van der Waals surface area contributed by atoms with Crippen molar-refractivity contribution in [2.24, 2.45) is 0 Å². The first-order valence-corrected chi connectivity index (χ1v) is 11.9. The Kier molecular flexibility index (Phi) is 6.93. The highest BCUT2D eigenvalue weighted by atomic mass is 35.5. The number of benzene rings is 3. The van der Waals surface area contributed by atoms with Gasteiger partial charge >= 0.3 is 0 Å². The van der Waals surface area contributed by atoms with Gasteiger partial charge in [-0.1, -0.05) is 61.3 Å². The average molecular weight is 510 g/mol. The van der Waals surface area contributed by atoms with Crippen molar-refractivity contribution in [1.29, 1.82) is 0 Å². The number of hydrogen-bond acceptors (Lipinski definition) is 4. The molecule has 1 amide bonds. The fraction of sp³-hybridized carbons (Fsp3) is 0.214. The summed E-state index contributed by atoms with van der Waals surface area (Å²) in [6, 6.07) is 16.6. The van der Waals surface area contributed by atoms with Crippen molar-refractivity contribution < 1.29 is 19.4 Å². The van der Waals surface area contributed by atoms with Crippen LogP contribution < -0.4 is 9.64 Å². The summed E-state index contributed by atoms with van der Waals surface area (Å²) in [5.74, 6) is -0.977. The molecule has 180 valence electrons. The molecule has 7 heteroatoms. The van der Waals surface area contributed by atoms with Crippen LogP contribution in [0.15, 0.2) is 66.2 Å². The summed E-state index contributed by atoms with van der Waals surface area (Å²) >= 11 is 12.3. The number of ether oxygens (including phenoxy) is 1. The Morgan fingerprint density at radius 3 is 2.34 bits per heavy atom. The van der Waals surface area contributed by atoms with E-state index in [1.54, 1.807) is 43.5 Å². The number of amides is 1. The second kappa shape index (κ2) is 9.76. The fourth-order valence-corrected chi connectivity index (χ4v) is 4.70. The second-order valence-corrected chi connectivity index (χ2v) is 9.55. The van der Waals surface area contributed by atoms with Gasteiger partial charge in [0, 0.05) is 11.3 Å².